The Balaban J connectivity index is 0.000000271. The van der Waals surface area contributed by atoms with E-state index in [0.29, 0.717) is 0 Å². The predicted octanol–water partition coefficient (Wildman–Crippen LogP) is -5.65. The van der Waals surface area contributed by atoms with E-state index in [-0.39, 0.29) is 0 Å². The first kappa shape index (κ1) is 24.6. The van der Waals surface area contributed by atoms with Gasteiger partial charge >= 0.3 is 0 Å². The van der Waals surface area contributed by atoms with Crippen molar-refractivity contribution < 1.29 is 50.3 Å². The van der Waals surface area contributed by atoms with Gasteiger partial charge in [0, 0.05) is 0 Å². The minimum atomic E-state index is -1.22. The normalized spacial score (nSPS) is 45.3. The van der Waals surface area contributed by atoms with Crippen molar-refractivity contribution in [3.8, 4) is 0 Å². The molecule has 0 bridgehead atoms. The molecule has 0 aromatic carbocycles. The molecule has 162 valence electrons. The van der Waals surface area contributed by atoms with Gasteiger partial charge in [-0.1, -0.05) is 0 Å². The van der Waals surface area contributed by atoms with Crippen LogP contribution < -0.4 is 5.32 Å². The number of hydrogen-bond donors (Lipinski definition) is 9. The first-order valence-electron chi connectivity index (χ1n) is 8.55. The molecule has 9 N–H and O–H groups in total. The topological polar surface area (TPSA) is 196 Å². The van der Waals surface area contributed by atoms with E-state index in [1.807, 2.05) is 0 Å². The highest BCUT2D eigenvalue weighted by Crippen LogP contribution is 2.22. The van der Waals surface area contributed by atoms with E-state index >= 15 is 0 Å². The Morgan fingerprint density at radius 2 is 1.19 bits per heavy atom. The summed E-state index contributed by atoms with van der Waals surface area (Å²) in [5, 5.41) is 76.9. The second-order valence-electron chi connectivity index (χ2n) is 6.73. The highest BCUT2D eigenvalue weighted by Gasteiger charge is 2.44. The minimum Gasteiger partial charge on any atom is -0.394 e. The van der Waals surface area contributed by atoms with Gasteiger partial charge in [0.15, 0.2) is 12.6 Å². The van der Waals surface area contributed by atoms with Crippen LogP contribution in [-0.4, -0.2) is 141 Å². The van der Waals surface area contributed by atoms with Crippen molar-refractivity contribution in [2.24, 2.45) is 0 Å². The molecule has 12 heteroatoms. The zero-order valence-corrected chi connectivity index (χ0v) is 15.5. The lowest BCUT2D eigenvalue weighted by Gasteiger charge is -2.42. The van der Waals surface area contributed by atoms with E-state index in [1.165, 1.54) is 7.05 Å². The molecule has 2 aliphatic heterocycles. The Morgan fingerprint density at radius 3 is 1.59 bits per heavy atom. The van der Waals surface area contributed by atoms with Crippen molar-refractivity contribution in [3.05, 3.63) is 0 Å². The lowest BCUT2D eigenvalue weighted by molar-refractivity contribution is -0.268. The third kappa shape index (κ3) is 5.76. The molecule has 0 amide bonds. The van der Waals surface area contributed by atoms with E-state index in [0.717, 1.165) is 0 Å². The van der Waals surface area contributed by atoms with Crippen LogP contribution in [0.4, 0.5) is 0 Å². The van der Waals surface area contributed by atoms with Gasteiger partial charge in [0.2, 0.25) is 0 Å². The number of aliphatic hydroxyl groups is 8. The lowest BCUT2D eigenvalue weighted by Crippen LogP contribution is -2.62. The smallest absolute Gasteiger partial charge is 0.173 e. The highest BCUT2D eigenvalue weighted by molar-refractivity contribution is 4.93. The fourth-order valence-electron chi connectivity index (χ4n) is 3.05. The van der Waals surface area contributed by atoms with Crippen LogP contribution in [0.25, 0.3) is 0 Å². The zero-order chi connectivity index (χ0) is 20.9. The van der Waals surface area contributed by atoms with Crippen molar-refractivity contribution in [2.75, 3.05) is 34.4 Å². The molecule has 2 saturated heterocycles. The fraction of sp³-hybridized carbons (Fsp3) is 1.00. The van der Waals surface area contributed by atoms with E-state index in [1.54, 1.807) is 19.0 Å². The molecule has 2 rings (SSSR count). The number of nitrogens with one attached hydrogen (secondary N) is 1. The second kappa shape index (κ2) is 10.9. The van der Waals surface area contributed by atoms with Crippen molar-refractivity contribution in [1.82, 2.24) is 10.2 Å². The first-order chi connectivity index (χ1) is 12.6. The molecule has 0 aromatic heterocycles. The molecule has 0 spiro atoms. The van der Waals surface area contributed by atoms with Gasteiger partial charge in [-0.25, -0.2) is 0 Å². The third-order valence-corrected chi connectivity index (χ3v) is 4.70. The summed E-state index contributed by atoms with van der Waals surface area (Å²) in [6.45, 7) is -0.874. The van der Waals surface area contributed by atoms with Gasteiger partial charge in [-0.3, -0.25) is 4.90 Å². The van der Waals surface area contributed by atoms with Crippen LogP contribution in [-0.2, 0) is 9.47 Å². The second-order valence-corrected chi connectivity index (χ2v) is 6.73. The van der Waals surface area contributed by atoms with Gasteiger partial charge in [-0.2, -0.15) is 0 Å². The monoisotopic (exact) mass is 400 g/mol. The van der Waals surface area contributed by atoms with Gasteiger partial charge < -0.3 is 55.6 Å². The maximum Gasteiger partial charge on any atom is 0.173 e. The molecular formula is C15H32N2O10. The summed E-state index contributed by atoms with van der Waals surface area (Å²) in [5.41, 5.74) is 0. The van der Waals surface area contributed by atoms with Crippen molar-refractivity contribution in [3.63, 3.8) is 0 Å². The highest BCUT2D eigenvalue weighted by atomic mass is 16.6. The number of hydrogen-bond acceptors (Lipinski definition) is 12. The Labute approximate surface area is 157 Å². The van der Waals surface area contributed by atoms with Crippen LogP contribution in [0.15, 0.2) is 0 Å². The largest absolute Gasteiger partial charge is 0.394 e. The molecule has 0 saturated carbocycles. The van der Waals surface area contributed by atoms with E-state index in [4.69, 9.17) is 19.7 Å². The SMILES string of the molecule is CN(C)[C@H]1C(O)O[C@H](CO)[C@@H](O)[C@@H]1O.CN[C@H]1C(O)O[C@H](CO)[C@@H](O)[C@@H]1O. The number of likely N-dealkylation sites (N-methyl/N-ethyl adjacent to an activating group) is 2. The van der Waals surface area contributed by atoms with Crippen molar-refractivity contribution >= 4 is 0 Å². The van der Waals surface area contributed by atoms with Crippen LogP contribution in [0.2, 0.25) is 0 Å². The third-order valence-electron chi connectivity index (χ3n) is 4.70. The summed E-state index contributed by atoms with van der Waals surface area (Å²) in [6.07, 6.45) is -8.95. The van der Waals surface area contributed by atoms with Gasteiger partial charge in [0.05, 0.1) is 25.3 Å². The summed E-state index contributed by atoms with van der Waals surface area (Å²) in [7, 11) is 4.85. The van der Waals surface area contributed by atoms with Crippen molar-refractivity contribution in [2.45, 2.75) is 61.3 Å². The minimum absolute atomic E-state index is 0.435. The molecule has 2 unspecified atom stereocenters. The van der Waals surface area contributed by atoms with Crippen LogP contribution in [0.5, 0.6) is 0 Å². The van der Waals surface area contributed by atoms with E-state index < -0.39 is 74.5 Å². The zero-order valence-electron chi connectivity index (χ0n) is 15.5. The quantitative estimate of drug-likeness (QED) is 0.217. The maximum absolute atomic E-state index is 9.64. The van der Waals surface area contributed by atoms with Crippen molar-refractivity contribution in [1.29, 1.82) is 0 Å². The summed E-state index contributed by atoms with van der Waals surface area (Å²) in [5.74, 6) is 0. The molecule has 2 fully saturated rings. The first-order valence-corrected chi connectivity index (χ1v) is 8.55. The number of nitrogens with zero attached hydrogens (tertiary/aromatic N) is 1. The van der Waals surface area contributed by atoms with E-state index in [9.17, 15) is 30.6 Å². The van der Waals surface area contributed by atoms with Crippen LogP contribution in [0.1, 0.15) is 0 Å². The molecule has 12 nitrogen and oxygen atoms in total. The van der Waals surface area contributed by atoms with Gasteiger partial charge in [-0.05, 0) is 21.1 Å². The molecular weight excluding hydrogens is 368 g/mol. The van der Waals surface area contributed by atoms with Crippen LogP contribution in [0.3, 0.4) is 0 Å². The molecule has 0 aliphatic carbocycles. The molecule has 0 aromatic rings. The van der Waals surface area contributed by atoms with Gasteiger partial charge in [0.1, 0.15) is 36.6 Å². The summed E-state index contributed by atoms with van der Waals surface area (Å²) < 4.78 is 9.80. The Hall–Kier alpha value is -0.480. The number of aliphatic hydroxyl groups excluding tert-OH is 8. The molecule has 0 radical (unpaired) electrons. The summed E-state index contributed by atoms with van der Waals surface area (Å²) >= 11 is 0. The molecule has 2 heterocycles. The van der Waals surface area contributed by atoms with Crippen LogP contribution >= 0.6 is 0 Å². The average molecular weight is 400 g/mol. The maximum atomic E-state index is 9.64. The number of rotatable bonds is 4. The van der Waals surface area contributed by atoms with Gasteiger partial charge in [-0.15, -0.1) is 0 Å². The fourth-order valence-corrected chi connectivity index (χ4v) is 3.05. The standard InChI is InChI=1S/C8H17NO5.C7H15NO5/c1-9(2)5-7(12)6(11)4(3-10)14-8(5)13;1-8-4-6(11)5(10)3(2-9)13-7(4)12/h4-8,10-13H,3H2,1-2H3;3-12H,2H2,1H3/t4-,5-,6-,7-,8?;3-,4-,5-,6-,7?/m11/s1. The van der Waals surface area contributed by atoms with Crippen LogP contribution in [0, 0.1) is 0 Å². The predicted molar refractivity (Wildman–Crippen MR) is 90.3 cm³/mol. The molecule has 27 heavy (non-hydrogen) atoms. The lowest BCUT2D eigenvalue weighted by atomic mass is 9.96. The Kier molecular flexibility index (Phi) is 9.91. The van der Waals surface area contributed by atoms with E-state index in [2.05, 4.69) is 5.32 Å². The molecule has 2 aliphatic rings. The average Bonchev–Trinajstić information content (AvgIpc) is 2.62. The Morgan fingerprint density at radius 1 is 0.741 bits per heavy atom. The van der Waals surface area contributed by atoms with Gasteiger partial charge in [0.25, 0.3) is 0 Å². The summed E-state index contributed by atoms with van der Waals surface area (Å²) in [4.78, 5) is 1.56. The molecule has 10 atom stereocenters. The Bertz CT molecular complexity index is 431. The number of ether oxygens (including phenoxy) is 2. The summed E-state index contributed by atoms with van der Waals surface area (Å²) in [6, 6.07) is -1.43.